The first-order valence-corrected chi connectivity index (χ1v) is 8.91. The summed E-state index contributed by atoms with van der Waals surface area (Å²) in [5, 5.41) is 12.1. The lowest BCUT2D eigenvalue weighted by molar-refractivity contribution is -0.136. The van der Waals surface area contributed by atoms with Crippen molar-refractivity contribution >= 4 is 28.7 Å². The number of aliphatic hydroxyl groups is 1. The molecule has 0 atom stereocenters. The van der Waals surface area contributed by atoms with Gasteiger partial charge in [-0.05, 0) is 30.3 Å². The smallest absolute Gasteiger partial charge is 0.337 e. The van der Waals surface area contributed by atoms with E-state index < -0.39 is 5.97 Å². The van der Waals surface area contributed by atoms with Crippen molar-refractivity contribution in [1.82, 2.24) is 14.9 Å². The fourth-order valence-electron chi connectivity index (χ4n) is 3.10. The Kier molecular flexibility index (Phi) is 4.96. The molecule has 0 fully saturated rings. The van der Waals surface area contributed by atoms with Crippen LogP contribution < -0.4 is 5.32 Å². The summed E-state index contributed by atoms with van der Waals surface area (Å²) in [4.78, 5) is 34.8. The number of methoxy groups -OCH3 is 1. The molecule has 0 aliphatic carbocycles. The van der Waals surface area contributed by atoms with E-state index in [-0.39, 0.29) is 36.9 Å². The maximum absolute atomic E-state index is 12.6. The summed E-state index contributed by atoms with van der Waals surface area (Å²) in [5.41, 5.74) is 2.65. The Labute approximate surface area is 165 Å². The maximum atomic E-state index is 12.6. The number of benzene rings is 1. The van der Waals surface area contributed by atoms with Crippen LogP contribution in [0.1, 0.15) is 0 Å². The first kappa shape index (κ1) is 18.6. The molecule has 9 heteroatoms. The molecule has 2 N–H and O–H groups in total. The van der Waals surface area contributed by atoms with E-state index >= 15 is 0 Å². The minimum atomic E-state index is -0.596. The van der Waals surface area contributed by atoms with E-state index in [1.807, 2.05) is 6.07 Å². The molecule has 1 aliphatic rings. The number of carbonyl (C=O) groups is 2. The number of fused-ring (bicyclic) bond motifs is 1. The number of carbonyl (C=O) groups excluding carboxylic acids is 2. The summed E-state index contributed by atoms with van der Waals surface area (Å²) >= 11 is 0. The van der Waals surface area contributed by atoms with Crippen LogP contribution in [-0.2, 0) is 14.3 Å². The quantitative estimate of drug-likeness (QED) is 0.605. The Hall–Kier alpha value is -3.72. The van der Waals surface area contributed by atoms with Crippen LogP contribution in [0.15, 0.2) is 58.3 Å². The zero-order valence-corrected chi connectivity index (χ0v) is 15.6. The van der Waals surface area contributed by atoms with Crippen molar-refractivity contribution in [3.8, 4) is 11.6 Å². The number of esters is 1. The van der Waals surface area contributed by atoms with Crippen LogP contribution in [0.3, 0.4) is 0 Å². The van der Waals surface area contributed by atoms with E-state index in [0.29, 0.717) is 28.4 Å². The number of nitrogens with one attached hydrogen (secondary N) is 1. The summed E-state index contributed by atoms with van der Waals surface area (Å²) in [7, 11) is 1.26. The van der Waals surface area contributed by atoms with Gasteiger partial charge in [-0.2, -0.15) is 0 Å². The highest BCUT2D eigenvalue weighted by molar-refractivity contribution is 6.08. The van der Waals surface area contributed by atoms with Crippen molar-refractivity contribution in [2.45, 2.75) is 0 Å². The molecule has 148 valence electrons. The molecule has 3 aromatic rings. The first-order valence-electron chi connectivity index (χ1n) is 8.91. The molecule has 1 aromatic carbocycles. The van der Waals surface area contributed by atoms with Crippen LogP contribution in [0.25, 0.3) is 22.7 Å². The molecular formula is C20H18N4O5. The topological polar surface area (TPSA) is 118 Å². The lowest BCUT2D eigenvalue weighted by Gasteiger charge is -2.14. The molecule has 0 bridgehead atoms. The monoisotopic (exact) mass is 394 g/mol. The van der Waals surface area contributed by atoms with Gasteiger partial charge in [0, 0.05) is 18.4 Å². The second-order valence-corrected chi connectivity index (χ2v) is 6.34. The number of hydrogen-bond acceptors (Lipinski definition) is 8. The Morgan fingerprint density at radius 3 is 2.93 bits per heavy atom. The summed E-state index contributed by atoms with van der Waals surface area (Å²) in [5.74, 6) is -0.589. The van der Waals surface area contributed by atoms with Gasteiger partial charge < -0.3 is 24.5 Å². The van der Waals surface area contributed by atoms with Gasteiger partial charge in [0.2, 0.25) is 5.89 Å². The second kappa shape index (κ2) is 7.72. The van der Waals surface area contributed by atoms with Gasteiger partial charge in [-0.1, -0.05) is 6.07 Å². The number of pyridine rings is 1. The predicted molar refractivity (Wildman–Crippen MR) is 104 cm³/mol. The highest BCUT2D eigenvalue weighted by Gasteiger charge is 2.34. The number of rotatable bonds is 6. The molecular weight excluding hydrogens is 376 g/mol. The molecule has 9 nitrogen and oxygen atoms in total. The molecule has 3 heterocycles. The van der Waals surface area contributed by atoms with Gasteiger partial charge in [0.1, 0.15) is 16.9 Å². The first-order chi connectivity index (χ1) is 14.1. The number of hydrogen-bond donors (Lipinski definition) is 2. The Bertz CT molecular complexity index is 1110. The van der Waals surface area contributed by atoms with Crippen LogP contribution >= 0.6 is 0 Å². The zero-order valence-electron chi connectivity index (χ0n) is 15.6. The van der Waals surface area contributed by atoms with E-state index in [0.717, 1.165) is 0 Å². The summed E-state index contributed by atoms with van der Waals surface area (Å²) in [6.07, 6.45) is 1.65. The van der Waals surface area contributed by atoms with E-state index in [2.05, 4.69) is 15.3 Å². The highest BCUT2D eigenvalue weighted by Crippen LogP contribution is 2.27. The average Bonchev–Trinajstić information content (AvgIpc) is 3.30. The number of aromatic nitrogens is 2. The minimum absolute atomic E-state index is 0.0738. The normalized spacial score (nSPS) is 14.0. The number of oxazole rings is 1. The molecule has 4 rings (SSSR count). The predicted octanol–water partition coefficient (Wildman–Crippen LogP) is 1.56. The van der Waals surface area contributed by atoms with Gasteiger partial charge in [-0.25, -0.2) is 9.78 Å². The van der Waals surface area contributed by atoms with Crippen LogP contribution in [0.2, 0.25) is 0 Å². The fraction of sp³-hybridized carbons (Fsp3) is 0.200. The third-order valence-electron chi connectivity index (χ3n) is 4.49. The Morgan fingerprint density at radius 1 is 1.34 bits per heavy atom. The average molecular weight is 394 g/mol. The molecule has 1 amide bonds. The standard InChI is InChI=1S/C20H18N4O5/c1-28-20(27)13-11-24(8-9-25)19(26)17(13)22-12-5-6-16-15(10-12)23-18(29-16)14-4-2-3-7-21-14/h2-7,10,22,25H,8-9,11H2,1H3. The van der Waals surface area contributed by atoms with Crippen LogP contribution in [0.4, 0.5) is 5.69 Å². The van der Waals surface area contributed by atoms with Crippen LogP contribution in [-0.4, -0.2) is 58.7 Å². The van der Waals surface area contributed by atoms with Crippen molar-refractivity contribution in [1.29, 1.82) is 0 Å². The summed E-state index contributed by atoms with van der Waals surface area (Å²) < 4.78 is 10.5. The molecule has 0 saturated carbocycles. The molecule has 2 aromatic heterocycles. The van der Waals surface area contributed by atoms with Crippen molar-refractivity contribution in [2.75, 3.05) is 32.1 Å². The van der Waals surface area contributed by atoms with Gasteiger partial charge in [-0.15, -0.1) is 0 Å². The summed E-state index contributed by atoms with van der Waals surface area (Å²) in [6.45, 7) is -0.000632. The second-order valence-electron chi connectivity index (χ2n) is 6.34. The summed E-state index contributed by atoms with van der Waals surface area (Å²) in [6, 6.07) is 10.6. The number of β-amino-alcohol motifs (C(OH)–C–C–N with tert-alkyl or cyclic N) is 1. The molecule has 0 unspecified atom stereocenters. The number of nitrogens with zero attached hydrogens (tertiary/aromatic N) is 3. The van der Waals surface area contributed by atoms with Crippen molar-refractivity contribution < 1.29 is 23.8 Å². The minimum Gasteiger partial charge on any atom is -0.466 e. The van der Waals surface area contributed by atoms with Gasteiger partial charge in [0.25, 0.3) is 5.91 Å². The molecule has 0 saturated heterocycles. The third kappa shape index (κ3) is 3.55. The lowest BCUT2D eigenvalue weighted by atomic mass is 10.2. The Morgan fingerprint density at radius 2 is 2.21 bits per heavy atom. The van der Waals surface area contributed by atoms with Gasteiger partial charge in [-0.3, -0.25) is 9.78 Å². The SMILES string of the molecule is COC(=O)C1=C(Nc2ccc3oc(-c4ccccn4)nc3c2)C(=O)N(CCO)C1. The molecule has 29 heavy (non-hydrogen) atoms. The molecule has 0 radical (unpaired) electrons. The largest absolute Gasteiger partial charge is 0.466 e. The van der Waals surface area contributed by atoms with E-state index in [1.54, 1.807) is 36.5 Å². The van der Waals surface area contributed by atoms with Crippen molar-refractivity contribution in [3.05, 3.63) is 53.9 Å². The Balaban J connectivity index is 1.65. The highest BCUT2D eigenvalue weighted by atomic mass is 16.5. The number of ether oxygens (including phenoxy) is 1. The van der Waals surface area contributed by atoms with Gasteiger partial charge in [0.15, 0.2) is 5.58 Å². The number of amides is 1. The maximum Gasteiger partial charge on any atom is 0.337 e. The van der Waals surface area contributed by atoms with Crippen LogP contribution in [0, 0.1) is 0 Å². The van der Waals surface area contributed by atoms with Crippen molar-refractivity contribution in [2.24, 2.45) is 0 Å². The third-order valence-corrected chi connectivity index (χ3v) is 4.49. The van der Waals surface area contributed by atoms with Gasteiger partial charge >= 0.3 is 5.97 Å². The van der Waals surface area contributed by atoms with Crippen molar-refractivity contribution in [3.63, 3.8) is 0 Å². The molecule has 0 spiro atoms. The van der Waals surface area contributed by atoms with Crippen LogP contribution in [0.5, 0.6) is 0 Å². The van der Waals surface area contributed by atoms with E-state index in [4.69, 9.17) is 14.3 Å². The van der Waals surface area contributed by atoms with E-state index in [1.165, 1.54) is 12.0 Å². The molecule has 1 aliphatic heterocycles. The zero-order chi connectivity index (χ0) is 20.4. The lowest BCUT2D eigenvalue weighted by Crippen LogP contribution is -2.31. The van der Waals surface area contributed by atoms with E-state index in [9.17, 15) is 9.59 Å². The van der Waals surface area contributed by atoms with Gasteiger partial charge in [0.05, 0.1) is 25.8 Å². The number of aliphatic hydroxyl groups excluding tert-OH is 1. The number of anilines is 1. The fourth-order valence-corrected chi connectivity index (χ4v) is 3.10.